The highest BCUT2D eigenvalue weighted by Gasteiger charge is 2.46. The van der Waals surface area contributed by atoms with Crippen molar-refractivity contribution in [3.8, 4) is 17.6 Å². The Morgan fingerprint density at radius 1 is 0.900 bits per heavy atom. The van der Waals surface area contributed by atoms with Gasteiger partial charge in [-0.1, -0.05) is 101 Å². The van der Waals surface area contributed by atoms with Crippen molar-refractivity contribution >= 4 is 0 Å². The number of piperidine rings is 1. The van der Waals surface area contributed by atoms with E-state index < -0.39 is 5.60 Å². The summed E-state index contributed by atoms with van der Waals surface area (Å²) in [5.74, 6) is 7.52. The maximum absolute atomic E-state index is 11.2. The number of ether oxygens (including phenoxy) is 1. The SMILES string of the molecule is CC.CC.CCC#CC(C)(OC1CC(C)(C)N(C)C(C)(C)C1)C(C)Cc1cc(C(C)(C)C)c(O)c(C(C)(C)C)c1. The second-order valence-electron chi connectivity index (χ2n) is 14.7. The van der Waals surface area contributed by atoms with Gasteiger partial charge < -0.3 is 9.84 Å². The van der Waals surface area contributed by atoms with E-state index in [1.54, 1.807) is 0 Å². The van der Waals surface area contributed by atoms with E-state index in [9.17, 15) is 5.11 Å². The Hall–Kier alpha value is -1.50. The van der Waals surface area contributed by atoms with Crippen LogP contribution in [0.3, 0.4) is 0 Å². The van der Waals surface area contributed by atoms with Gasteiger partial charge in [-0.25, -0.2) is 0 Å². The first kappa shape index (κ1) is 38.5. The number of hydrogen-bond acceptors (Lipinski definition) is 3. The van der Waals surface area contributed by atoms with E-state index in [0.29, 0.717) is 5.75 Å². The normalized spacial score (nSPS) is 19.6. The summed E-state index contributed by atoms with van der Waals surface area (Å²) < 4.78 is 7.00. The van der Waals surface area contributed by atoms with E-state index >= 15 is 0 Å². The first-order chi connectivity index (χ1) is 18.1. The average molecular weight is 558 g/mol. The van der Waals surface area contributed by atoms with E-state index in [4.69, 9.17) is 4.74 Å². The lowest BCUT2D eigenvalue weighted by atomic mass is 9.76. The van der Waals surface area contributed by atoms with Crippen LogP contribution in [0.1, 0.15) is 154 Å². The molecule has 40 heavy (non-hydrogen) atoms. The van der Waals surface area contributed by atoms with Crippen molar-refractivity contribution in [2.24, 2.45) is 5.92 Å². The van der Waals surface area contributed by atoms with Crippen LogP contribution in [0.25, 0.3) is 0 Å². The quantitative estimate of drug-likeness (QED) is 0.366. The number of likely N-dealkylation sites (tertiary alicyclic amines) is 1. The Bertz CT molecular complexity index is 927. The van der Waals surface area contributed by atoms with E-state index in [2.05, 4.69) is 126 Å². The van der Waals surface area contributed by atoms with E-state index in [0.717, 1.165) is 36.8 Å². The lowest BCUT2D eigenvalue weighted by Gasteiger charge is -2.54. The molecule has 0 aliphatic carbocycles. The Morgan fingerprint density at radius 3 is 1.65 bits per heavy atom. The molecule has 2 rings (SSSR count). The van der Waals surface area contributed by atoms with Crippen LogP contribution >= 0.6 is 0 Å². The summed E-state index contributed by atoms with van der Waals surface area (Å²) in [7, 11) is 2.24. The molecule has 0 radical (unpaired) electrons. The number of phenols is 1. The van der Waals surface area contributed by atoms with Crippen LogP contribution in [0.5, 0.6) is 5.75 Å². The predicted molar refractivity (Wildman–Crippen MR) is 178 cm³/mol. The second-order valence-corrected chi connectivity index (χ2v) is 14.7. The summed E-state index contributed by atoms with van der Waals surface area (Å²) in [5.41, 5.74) is 2.56. The van der Waals surface area contributed by atoms with Crippen molar-refractivity contribution in [1.29, 1.82) is 0 Å². The number of rotatable bonds is 5. The molecular formula is C37H67NO2. The van der Waals surface area contributed by atoms with Crippen molar-refractivity contribution in [1.82, 2.24) is 4.90 Å². The highest BCUT2D eigenvalue weighted by atomic mass is 16.5. The molecule has 1 heterocycles. The van der Waals surface area contributed by atoms with Gasteiger partial charge in [0.2, 0.25) is 0 Å². The average Bonchev–Trinajstić information content (AvgIpc) is 2.83. The minimum atomic E-state index is -0.551. The minimum Gasteiger partial charge on any atom is -0.507 e. The lowest BCUT2D eigenvalue weighted by Crippen LogP contribution is -2.61. The third kappa shape index (κ3) is 9.80. The molecule has 0 spiro atoms. The van der Waals surface area contributed by atoms with Crippen LogP contribution in [0, 0.1) is 17.8 Å². The largest absolute Gasteiger partial charge is 0.507 e. The molecule has 3 nitrogen and oxygen atoms in total. The molecule has 232 valence electrons. The number of aromatic hydroxyl groups is 1. The first-order valence-electron chi connectivity index (χ1n) is 15.9. The first-order valence-corrected chi connectivity index (χ1v) is 15.9. The standard InChI is InChI=1S/C33H55NO2.2C2H6/c1-15-16-17-33(13,36-25-21-31(9,10)34(14)32(11,12)22-25)23(2)18-24-19-26(29(3,4)5)28(35)27(20-24)30(6,7)8;2*1-2/h19-20,23,25,35H,15,18,21-22H2,1-14H3;2*1-2H3. The summed E-state index contributed by atoms with van der Waals surface area (Å²) in [4.78, 5) is 2.50. The van der Waals surface area contributed by atoms with Gasteiger partial charge in [0.25, 0.3) is 0 Å². The lowest BCUT2D eigenvalue weighted by molar-refractivity contribution is -0.143. The zero-order chi connectivity index (χ0) is 31.9. The summed E-state index contributed by atoms with van der Waals surface area (Å²) in [5, 5.41) is 11.2. The maximum Gasteiger partial charge on any atom is 0.129 e. The molecule has 0 aromatic heterocycles. The Balaban J connectivity index is 0.00000363. The number of hydrogen-bond donors (Lipinski definition) is 1. The molecule has 1 N–H and O–H groups in total. The van der Waals surface area contributed by atoms with E-state index in [1.165, 1.54) is 5.56 Å². The van der Waals surface area contributed by atoms with Crippen LogP contribution in [-0.2, 0) is 22.0 Å². The summed E-state index contributed by atoms with van der Waals surface area (Å²) in [6, 6.07) is 4.41. The van der Waals surface area contributed by atoms with Gasteiger partial charge in [0.15, 0.2) is 0 Å². The molecule has 1 saturated heterocycles. The van der Waals surface area contributed by atoms with E-state index in [1.807, 2.05) is 27.7 Å². The molecule has 1 aromatic carbocycles. The maximum atomic E-state index is 11.2. The van der Waals surface area contributed by atoms with Gasteiger partial charge in [0.1, 0.15) is 11.4 Å². The van der Waals surface area contributed by atoms with Crippen LogP contribution in [0.4, 0.5) is 0 Å². The van der Waals surface area contributed by atoms with E-state index in [-0.39, 0.29) is 33.9 Å². The molecule has 0 amide bonds. The number of nitrogens with zero attached hydrogens (tertiary/aromatic N) is 1. The molecule has 0 saturated carbocycles. The van der Waals surface area contributed by atoms with Crippen LogP contribution in [0.15, 0.2) is 12.1 Å². The van der Waals surface area contributed by atoms with Crippen molar-refractivity contribution in [3.63, 3.8) is 0 Å². The number of benzene rings is 1. The highest BCUT2D eigenvalue weighted by molar-refractivity contribution is 5.50. The second kappa shape index (κ2) is 14.6. The van der Waals surface area contributed by atoms with Gasteiger partial charge in [-0.2, -0.15) is 0 Å². The van der Waals surface area contributed by atoms with Crippen molar-refractivity contribution in [2.45, 2.75) is 177 Å². The fourth-order valence-electron chi connectivity index (χ4n) is 5.75. The van der Waals surface area contributed by atoms with Crippen molar-refractivity contribution in [3.05, 3.63) is 28.8 Å². The summed E-state index contributed by atoms with van der Waals surface area (Å²) in [6.07, 6.45) is 3.80. The Morgan fingerprint density at radius 2 is 1.30 bits per heavy atom. The van der Waals surface area contributed by atoms with Gasteiger partial charge in [-0.15, -0.1) is 5.92 Å². The third-order valence-electron chi connectivity index (χ3n) is 8.46. The topological polar surface area (TPSA) is 32.7 Å². The van der Waals surface area contributed by atoms with Gasteiger partial charge >= 0.3 is 0 Å². The molecule has 2 unspecified atom stereocenters. The summed E-state index contributed by atoms with van der Waals surface area (Å²) in [6.45, 7) is 36.9. The monoisotopic (exact) mass is 558 g/mol. The molecule has 3 heteroatoms. The zero-order valence-electron chi connectivity index (χ0n) is 29.9. The third-order valence-corrected chi connectivity index (χ3v) is 8.46. The molecule has 0 bridgehead atoms. The van der Waals surface area contributed by atoms with Crippen molar-refractivity contribution < 1.29 is 9.84 Å². The van der Waals surface area contributed by atoms with Gasteiger partial charge in [-0.3, -0.25) is 4.90 Å². The van der Waals surface area contributed by atoms with Gasteiger partial charge in [0.05, 0.1) is 6.10 Å². The van der Waals surface area contributed by atoms with Gasteiger partial charge in [-0.05, 0) is 88.4 Å². The van der Waals surface area contributed by atoms with Crippen LogP contribution < -0.4 is 0 Å². The van der Waals surface area contributed by atoms with Crippen LogP contribution in [-0.4, -0.2) is 39.8 Å². The number of phenolic OH excluding ortho intramolecular Hbond substituents is 1. The Kier molecular flexibility index (Phi) is 14.1. The minimum absolute atomic E-state index is 0.0644. The molecule has 2 atom stereocenters. The van der Waals surface area contributed by atoms with Crippen LogP contribution in [0.2, 0.25) is 0 Å². The molecule has 1 fully saturated rings. The molecule has 1 aromatic rings. The van der Waals surface area contributed by atoms with Crippen molar-refractivity contribution in [2.75, 3.05) is 7.05 Å². The zero-order valence-corrected chi connectivity index (χ0v) is 29.9. The highest BCUT2D eigenvalue weighted by Crippen LogP contribution is 2.43. The molecule has 1 aliphatic rings. The van der Waals surface area contributed by atoms with Gasteiger partial charge in [0, 0.05) is 23.4 Å². The fourth-order valence-corrected chi connectivity index (χ4v) is 5.75. The molecular weight excluding hydrogens is 490 g/mol. The smallest absolute Gasteiger partial charge is 0.129 e. The summed E-state index contributed by atoms with van der Waals surface area (Å²) >= 11 is 0. The predicted octanol–water partition coefficient (Wildman–Crippen LogP) is 10.1. The Labute approximate surface area is 250 Å². The molecule has 1 aliphatic heterocycles. The fraction of sp³-hybridized carbons (Fsp3) is 0.784.